The second kappa shape index (κ2) is 7.48. The van der Waals surface area contributed by atoms with Crippen LogP contribution in [0.2, 0.25) is 0 Å². The summed E-state index contributed by atoms with van der Waals surface area (Å²) in [5.74, 6) is 2.58. The average Bonchev–Trinajstić information content (AvgIpc) is 2.48. The molecule has 21 heavy (non-hydrogen) atoms. The van der Waals surface area contributed by atoms with Crippen LogP contribution in [-0.2, 0) is 0 Å². The van der Waals surface area contributed by atoms with Crippen molar-refractivity contribution in [1.29, 1.82) is 0 Å². The third-order valence-corrected chi connectivity index (χ3v) is 4.41. The summed E-state index contributed by atoms with van der Waals surface area (Å²) in [6.45, 7) is 0.965. The Hall–Kier alpha value is -1.51. The van der Waals surface area contributed by atoms with Gasteiger partial charge in [0.15, 0.2) is 5.96 Å². The first kappa shape index (κ1) is 15.9. The molecule has 0 heterocycles. The lowest BCUT2D eigenvalue weighted by Crippen LogP contribution is -2.36. The fourth-order valence-corrected chi connectivity index (χ4v) is 3.30. The summed E-state index contributed by atoms with van der Waals surface area (Å²) in [4.78, 5) is 9.00. The summed E-state index contributed by atoms with van der Waals surface area (Å²) in [5.41, 5.74) is 1.52. The van der Waals surface area contributed by atoms with Crippen LogP contribution in [0.25, 0.3) is 0 Å². The Kier molecular flexibility index (Phi) is 5.66. The van der Waals surface area contributed by atoms with Crippen LogP contribution in [0.3, 0.4) is 0 Å². The van der Waals surface area contributed by atoms with Gasteiger partial charge in [0, 0.05) is 34.7 Å². The molecule has 0 saturated heterocycles. The van der Waals surface area contributed by atoms with Gasteiger partial charge in [-0.05, 0) is 43.1 Å². The predicted octanol–water partition coefficient (Wildman–Crippen LogP) is 3.44. The van der Waals surface area contributed by atoms with Crippen LogP contribution in [-0.4, -0.2) is 50.5 Å². The molecule has 3 nitrogen and oxygen atoms in total. The summed E-state index contributed by atoms with van der Waals surface area (Å²) in [5, 5.41) is 0. The Bertz CT molecular complexity index is 433. The third-order valence-electron chi connectivity index (χ3n) is 4.41. The van der Waals surface area contributed by atoms with Gasteiger partial charge in [-0.15, -0.1) is 0 Å². The van der Waals surface area contributed by atoms with Crippen LogP contribution < -0.4 is 0 Å². The molecule has 0 unspecified atom stereocenters. The van der Waals surface area contributed by atoms with E-state index in [0.717, 1.165) is 24.3 Å². The van der Waals surface area contributed by atoms with Crippen LogP contribution in [0.15, 0.2) is 35.3 Å². The molecule has 1 fully saturated rings. The van der Waals surface area contributed by atoms with Crippen molar-refractivity contribution in [2.75, 3.05) is 34.7 Å². The monoisotopic (exact) mass is 287 g/mol. The number of benzene rings is 1. The van der Waals surface area contributed by atoms with E-state index < -0.39 is 0 Å². The van der Waals surface area contributed by atoms with E-state index in [9.17, 15) is 0 Å². The molecular weight excluding hydrogens is 258 g/mol. The van der Waals surface area contributed by atoms with E-state index in [2.05, 4.69) is 68.3 Å². The van der Waals surface area contributed by atoms with Gasteiger partial charge in [-0.25, -0.2) is 0 Å². The van der Waals surface area contributed by atoms with Gasteiger partial charge >= 0.3 is 0 Å². The third kappa shape index (κ3) is 4.48. The lowest BCUT2D eigenvalue weighted by Gasteiger charge is -2.29. The molecule has 0 atom stereocenters. The number of nitrogens with zero attached hydrogens (tertiary/aromatic N) is 3. The van der Waals surface area contributed by atoms with Crippen LogP contribution in [0.4, 0.5) is 0 Å². The van der Waals surface area contributed by atoms with Gasteiger partial charge in [-0.1, -0.05) is 30.3 Å². The maximum Gasteiger partial charge on any atom is 0.195 e. The van der Waals surface area contributed by atoms with Crippen molar-refractivity contribution in [3.63, 3.8) is 0 Å². The Morgan fingerprint density at radius 3 is 2.05 bits per heavy atom. The molecule has 0 aliphatic heterocycles. The first-order valence-electron chi connectivity index (χ1n) is 8.02. The molecule has 3 heteroatoms. The minimum Gasteiger partial charge on any atom is -0.349 e. The molecule has 1 aliphatic rings. The molecule has 116 valence electrons. The minimum absolute atomic E-state index is 0.750. The van der Waals surface area contributed by atoms with Crippen LogP contribution in [0, 0.1) is 5.92 Å². The standard InChI is InChI=1S/C18H29N3/c1-20(2)18(21(3)4)19-14-15-10-12-17(13-11-15)16-8-6-5-7-9-16/h5-9,15,17H,10-14H2,1-4H3. The van der Waals surface area contributed by atoms with E-state index in [1.165, 1.54) is 31.2 Å². The smallest absolute Gasteiger partial charge is 0.195 e. The van der Waals surface area contributed by atoms with Crippen molar-refractivity contribution in [3.05, 3.63) is 35.9 Å². The fraction of sp³-hybridized carbons (Fsp3) is 0.611. The SMILES string of the molecule is CN(C)C(=NCC1CCC(c2ccccc2)CC1)N(C)C. The molecule has 0 amide bonds. The minimum atomic E-state index is 0.750. The zero-order valence-corrected chi connectivity index (χ0v) is 13.9. The Morgan fingerprint density at radius 2 is 1.52 bits per heavy atom. The van der Waals surface area contributed by atoms with Gasteiger partial charge in [-0.3, -0.25) is 4.99 Å². The molecule has 2 rings (SSSR count). The van der Waals surface area contributed by atoms with Crippen LogP contribution in [0.5, 0.6) is 0 Å². The van der Waals surface area contributed by atoms with E-state index in [1.807, 2.05) is 0 Å². The van der Waals surface area contributed by atoms with E-state index in [1.54, 1.807) is 0 Å². The quantitative estimate of drug-likeness (QED) is 0.626. The fourth-order valence-electron chi connectivity index (χ4n) is 3.30. The van der Waals surface area contributed by atoms with E-state index in [-0.39, 0.29) is 0 Å². The highest BCUT2D eigenvalue weighted by Gasteiger charge is 2.22. The van der Waals surface area contributed by atoms with E-state index >= 15 is 0 Å². The van der Waals surface area contributed by atoms with Crippen molar-refractivity contribution in [3.8, 4) is 0 Å². The molecule has 0 spiro atoms. The predicted molar refractivity (Wildman–Crippen MR) is 90.8 cm³/mol. The molecule has 0 N–H and O–H groups in total. The van der Waals surface area contributed by atoms with Crippen LogP contribution in [0.1, 0.15) is 37.2 Å². The second-order valence-electron chi connectivity index (χ2n) is 6.56. The summed E-state index contributed by atoms with van der Waals surface area (Å²) in [7, 11) is 8.24. The molecule has 0 bridgehead atoms. The Morgan fingerprint density at radius 1 is 0.952 bits per heavy atom. The zero-order valence-electron chi connectivity index (χ0n) is 13.9. The van der Waals surface area contributed by atoms with Crippen LogP contribution >= 0.6 is 0 Å². The summed E-state index contributed by atoms with van der Waals surface area (Å²) < 4.78 is 0. The highest BCUT2D eigenvalue weighted by atomic mass is 15.3. The number of hydrogen-bond donors (Lipinski definition) is 0. The number of aliphatic imine (C=N–C) groups is 1. The van der Waals surface area contributed by atoms with Gasteiger partial charge in [0.25, 0.3) is 0 Å². The molecule has 1 aliphatic carbocycles. The second-order valence-corrected chi connectivity index (χ2v) is 6.56. The lowest BCUT2D eigenvalue weighted by atomic mass is 9.79. The summed E-state index contributed by atoms with van der Waals surface area (Å²) in [6.07, 6.45) is 5.22. The Labute approximate surface area is 129 Å². The number of guanidine groups is 1. The van der Waals surface area contributed by atoms with Gasteiger partial charge in [0.05, 0.1) is 0 Å². The Balaban J connectivity index is 1.86. The zero-order chi connectivity index (χ0) is 15.2. The van der Waals surface area contributed by atoms with E-state index in [0.29, 0.717) is 0 Å². The topological polar surface area (TPSA) is 18.8 Å². The maximum atomic E-state index is 4.81. The van der Waals surface area contributed by atoms with Crippen molar-refractivity contribution < 1.29 is 0 Å². The van der Waals surface area contributed by atoms with Gasteiger partial charge in [-0.2, -0.15) is 0 Å². The number of hydrogen-bond acceptors (Lipinski definition) is 1. The normalized spacial score (nSPS) is 21.7. The molecule has 0 radical (unpaired) electrons. The molecule has 1 saturated carbocycles. The molecular formula is C18H29N3. The first-order chi connectivity index (χ1) is 10.1. The molecule has 1 aromatic rings. The largest absolute Gasteiger partial charge is 0.349 e. The van der Waals surface area contributed by atoms with Gasteiger partial charge in [0.2, 0.25) is 0 Å². The first-order valence-corrected chi connectivity index (χ1v) is 8.02. The molecule has 1 aromatic carbocycles. The molecule has 0 aromatic heterocycles. The van der Waals surface area contributed by atoms with Crippen molar-refractivity contribution in [1.82, 2.24) is 9.80 Å². The maximum absolute atomic E-state index is 4.81. The highest BCUT2D eigenvalue weighted by molar-refractivity contribution is 5.79. The van der Waals surface area contributed by atoms with Crippen molar-refractivity contribution in [2.45, 2.75) is 31.6 Å². The average molecular weight is 287 g/mol. The van der Waals surface area contributed by atoms with Crippen molar-refractivity contribution in [2.24, 2.45) is 10.9 Å². The van der Waals surface area contributed by atoms with Gasteiger partial charge < -0.3 is 9.80 Å². The number of rotatable bonds is 3. The summed E-state index contributed by atoms with van der Waals surface area (Å²) >= 11 is 0. The van der Waals surface area contributed by atoms with E-state index in [4.69, 9.17) is 4.99 Å². The lowest BCUT2D eigenvalue weighted by molar-refractivity contribution is 0.330. The van der Waals surface area contributed by atoms with Gasteiger partial charge in [0.1, 0.15) is 0 Å². The highest BCUT2D eigenvalue weighted by Crippen LogP contribution is 2.35. The summed E-state index contributed by atoms with van der Waals surface area (Å²) in [6, 6.07) is 11.0. The van der Waals surface area contributed by atoms with Crippen molar-refractivity contribution >= 4 is 5.96 Å².